The van der Waals surface area contributed by atoms with Crippen LogP contribution in [0.4, 0.5) is 0 Å². The molecule has 3 aromatic heterocycles. The molecule has 0 atom stereocenters. The summed E-state index contributed by atoms with van der Waals surface area (Å²) < 4.78 is 1.61. The molecule has 0 amide bonds. The molecule has 5 nitrogen and oxygen atoms in total. The van der Waals surface area contributed by atoms with E-state index in [0.717, 1.165) is 5.65 Å². The van der Waals surface area contributed by atoms with E-state index in [1.807, 2.05) is 0 Å². The number of H-pyrrole nitrogens is 1. The summed E-state index contributed by atoms with van der Waals surface area (Å²) in [7, 11) is 0. The molecule has 0 aliphatic heterocycles. The number of hydrogen-bond acceptors (Lipinski definition) is 3. The van der Waals surface area contributed by atoms with E-state index < -0.39 is 0 Å². The van der Waals surface area contributed by atoms with E-state index in [2.05, 4.69) is 15.1 Å². The summed E-state index contributed by atoms with van der Waals surface area (Å²) in [5.41, 5.74) is 1.34. The van der Waals surface area contributed by atoms with Crippen LogP contribution in [-0.4, -0.2) is 19.6 Å². The van der Waals surface area contributed by atoms with Gasteiger partial charge in [0.2, 0.25) is 0 Å². The van der Waals surface area contributed by atoms with Gasteiger partial charge in [-0.2, -0.15) is 9.61 Å². The Morgan fingerprint density at radius 2 is 2.29 bits per heavy atom. The first-order valence-electron chi connectivity index (χ1n) is 4.16. The van der Waals surface area contributed by atoms with Gasteiger partial charge < -0.3 is 4.98 Å². The lowest BCUT2D eigenvalue weighted by atomic mass is 10.3. The molecule has 14 heavy (non-hydrogen) atoms. The molecule has 68 valence electrons. The van der Waals surface area contributed by atoms with Crippen LogP contribution in [0.2, 0.25) is 0 Å². The zero-order valence-corrected chi connectivity index (χ0v) is 7.14. The van der Waals surface area contributed by atoms with Crippen LogP contribution < -0.4 is 5.43 Å². The minimum atomic E-state index is -0.0522. The fraction of sp³-hybridized carbons (Fsp3) is 0. The van der Waals surface area contributed by atoms with Crippen molar-refractivity contribution in [2.45, 2.75) is 0 Å². The third-order valence-corrected chi connectivity index (χ3v) is 2.14. The molecule has 0 aromatic carbocycles. The van der Waals surface area contributed by atoms with E-state index in [0.29, 0.717) is 11.0 Å². The van der Waals surface area contributed by atoms with Crippen molar-refractivity contribution in [1.82, 2.24) is 19.6 Å². The Balaban J connectivity index is 2.71. The molecule has 0 fully saturated rings. The van der Waals surface area contributed by atoms with Gasteiger partial charge in [-0.05, 0) is 0 Å². The van der Waals surface area contributed by atoms with Crippen molar-refractivity contribution in [2.24, 2.45) is 0 Å². The van der Waals surface area contributed by atoms with E-state index in [1.165, 1.54) is 6.07 Å². The zero-order chi connectivity index (χ0) is 9.54. The first-order chi connectivity index (χ1) is 6.86. The standard InChI is InChI=1S/C9H6N4O/c14-7-1-3-10-9-6(7)5-11-8-2-4-12-13(8)9/h1-5H,(H,10,14). The van der Waals surface area contributed by atoms with Crippen LogP contribution in [0.1, 0.15) is 0 Å². The summed E-state index contributed by atoms with van der Waals surface area (Å²) >= 11 is 0. The molecule has 5 heteroatoms. The van der Waals surface area contributed by atoms with Crippen LogP contribution in [0.5, 0.6) is 0 Å². The smallest absolute Gasteiger partial charge is 0.192 e. The average Bonchev–Trinajstić information content (AvgIpc) is 2.66. The van der Waals surface area contributed by atoms with Gasteiger partial charge in [-0.25, -0.2) is 4.98 Å². The van der Waals surface area contributed by atoms with Crippen molar-refractivity contribution >= 4 is 16.7 Å². The van der Waals surface area contributed by atoms with E-state index >= 15 is 0 Å². The number of pyridine rings is 1. The Labute approximate surface area is 78.0 Å². The molecule has 3 heterocycles. The van der Waals surface area contributed by atoms with E-state index in [4.69, 9.17) is 0 Å². The molecule has 0 saturated carbocycles. The Morgan fingerprint density at radius 1 is 1.36 bits per heavy atom. The number of hydrogen-bond donors (Lipinski definition) is 1. The second-order valence-corrected chi connectivity index (χ2v) is 2.96. The van der Waals surface area contributed by atoms with Crippen LogP contribution in [-0.2, 0) is 0 Å². The van der Waals surface area contributed by atoms with Gasteiger partial charge in [-0.3, -0.25) is 4.79 Å². The lowest BCUT2D eigenvalue weighted by Gasteiger charge is -1.98. The maximum absolute atomic E-state index is 11.4. The molecule has 0 radical (unpaired) electrons. The molecule has 0 spiro atoms. The molecular weight excluding hydrogens is 180 g/mol. The second-order valence-electron chi connectivity index (χ2n) is 2.96. The Morgan fingerprint density at radius 3 is 3.21 bits per heavy atom. The van der Waals surface area contributed by atoms with Gasteiger partial charge in [-0.1, -0.05) is 0 Å². The highest BCUT2D eigenvalue weighted by Gasteiger charge is 2.03. The van der Waals surface area contributed by atoms with E-state index in [-0.39, 0.29) is 5.43 Å². The number of nitrogens with one attached hydrogen (secondary N) is 1. The van der Waals surface area contributed by atoms with Gasteiger partial charge in [0.15, 0.2) is 11.1 Å². The molecule has 1 N–H and O–H groups in total. The number of fused-ring (bicyclic) bond motifs is 3. The molecule has 3 rings (SSSR count). The molecule has 0 unspecified atom stereocenters. The Bertz CT molecular complexity index is 667. The van der Waals surface area contributed by atoms with Crippen molar-refractivity contribution in [2.75, 3.05) is 0 Å². The SMILES string of the molecule is O=c1cc[nH]c2c1cnc1ccnn12. The summed E-state index contributed by atoms with van der Waals surface area (Å²) in [4.78, 5) is 18.5. The monoisotopic (exact) mass is 186 g/mol. The topological polar surface area (TPSA) is 63.0 Å². The van der Waals surface area contributed by atoms with E-state index in [1.54, 1.807) is 29.2 Å². The highest BCUT2D eigenvalue weighted by atomic mass is 16.1. The molecule has 3 aromatic rings. The first kappa shape index (κ1) is 7.25. The quantitative estimate of drug-likeness (QED) is 0.558. The minimum Gasteiger partial charge on any atom is -0.346 e. The van der Waals surface area contributed by atoms with E-state index in [9.17, 15) is 4.79 Å². The van der Waals surface area contributed by atoms with Crippen molar-refractivity contribution < 1.29 is 0 Å². The minimum absolute atomic E-state index is 0.0522. The van der Waals surface area contributed by atoms with Gasteiger partial charge in [0.05, 0.1) is 11.6 Å². The molecule has 0 saturated heterocycles. The van der Waals surface area contributed by atoms with Crippen molar-refractivity contribution in [1.29, 1.82) is 0 Å². The number of nitrogens with zero attached hydrogens (tertiary/aromatic N) is 3. The summed E-state index contributed by atoms with van der Waals surface area (Å²) in [6.07, 6.45) is 4.81. The summed E-state index contributed by atoms with van der Waals surface area (Å²) in [5, 5.41) is 4.62. The normalized spacial score (nSPS) is 11.1. The van der Waals surface area contributed by atoms with Crippen LogP contribution in [0.3, 0.4) is 0 Å². The second kappa shape index (κ2) is 2.41. The third-order valence-electron chi connectivity index (χ3n) is 2.14. The molecule has 0 aliphatic rings. The first-order valence-corrected chi connectivity index (χ1v) is 4.16. The lowest BCUT2D eigenvalue weighted by molar-refractivity contribution is 0.962. The predicted molar refractivity (Wildman–Crippen MR) is 51.1 cm³/mol. The Hall–Kier alpha value is -2.17. The average molecular weight is 186 g/mol. The van der Waals surface area contributed by atoms with Gasteiger partial charge in [-0.15, -0.1) is 0 Å². The van der Waals surface area contributed by atoms with Crippen molar-refractivity contribution in [3.8, 4) is 0 Å². The largest absolute Gasteiger partial charge is 0.346 e. The number of rotatable bonds is 0. The summed E-state index contributed by atoms with van der Waals surface area (Å²) in [5.74, 6) is 0. The Kier molecular flexibility index (Phi) is 1.25. The number of aromatic nitrogens is 4. The molecule has 0 aliphatic carbocycles. The van der Waals surface area contributed by atoms with Crippen molar-refractivity contribution in [3.05, 3.63) is 40.9 Å². The van der Waals surface area contributed by atoms with Crippen LogP contribution in [0.15, 0.2) is 35.5 Å². The molecule has 0 bridgehead atoms. The third kappa shape index (κ3) is 0.806. The highest BCUT2D eigenvalue weighted by molar-refractivity contribution is 5.75. The van der Waals surface area contributed by atoms with Crippen LogP contribution in [0.25, 0.3) is 16.7 Å². The van der Waals surface area contributed by atoms with Crippen molar-refractivity contribution in [3.63, 3.8) is 0 Å². The zero-order valence-electron chi connectivity index (χ0n) is 7.14. The lowest BCUT2D eigenvalue weighted by Crippen LogP contribution is -2.05. The fourth-order valence-corrected chi connectivity index (χ4v) is 1.48. The van der Waals surface area contributed by atoms with Gasteiger partial charge >= 0.3 is 0 Å². The summed E-state index contributed by atoms with van der Waals surface area (Å²) in [6.45, 7) is 0. The summed E-state index contributed by atoms with van der Waals surface area (Å²) in [6, 6.07) is 3.25. The van der Waals surface area contributed by atoms with Crippen LogP contribution >= 0.6 is 0 Å². The van der Waals surface area contributed by atoms with Gasteiger partial charge in [0.1, 0.15) is 5.65 Å². The number of aromatic amines is 1. The fourth-order valence-electron chi connectivity index (χ4n) is 1.48. The predicted octanol–water partition coefficient (Wildman–Crippen LogP) is 0.571. The maximum atomic E-state index is 11.4. The molecular formula is C9H6N4O. The van der Waals surface area contributed by atoms with Crippen LogP contribution in [0, 0.1) is 0 Å². The van der Waals surface area contributed by atoms with Gasteiger partial charge in [0.25, 0.3) is 0 Å². The highest BCUT2D eigenvalue weighted by Crippen LogP contribution is 2.06. The maximum Gasteiger partial charge on any atom is 0.192 e. The van der Waals surface area contributed by atoms with Gasteiger partial charge in [0, 0.05) is 24.5 Å².